The molecule has 5 nitrogen and oxygen atoms in total. The van der Waals surface area contributed by atoms with Gasteiger partial charge in [0.05, 0.1) is 18.4 Å². The Kier molecular flexibility index (Phi) is 4.27. The summed E-state index contributed by atoms with van der Waals surface area (Å²) < 4.78 is 12.2. The normalized spacial score (nSPS) is 23.0. The molecule has 0 radical (unpaired) electrons. The van der Waals surface area contributed by atoms with Crippen LogP contribution in [0.3, 0.4) is 0 Å². The molecule has 28 heavy (non-hydrogen) atoms. The van der Waals surface area contributed by atoms with E-state index in [1.807, 2.05) is 19.1 Å². The van der Waals surface area contributed by atoms with Crippen molar-refractivity contribution in [3.8, 4) is 11.5 Å². The van der Waals surface area contributed by atoms with Crippen LogP contribution in [0.2, 0.25) is 0 Å². The molecule has 0 bridgehead atoms. The molecule has 0 aliphatic carbocycles. The molecule has 3 heterocycles. The van der Waals surface area contributed by atoms with Gasteiger partial charge in [0.2, 0.25) is 5.72 Å². The zero-order chi connectivity index (χ0) is 19.1. The van der Waals surface area contributed by atoms with Crippen molar-refractivity contribution in [1.29, 1.82) is 0 Å². The zero-order valence-corrected chi connectivity index (χ0v) is 16.6. The van der Waals surface area contributed by atoms with E-state index < -0.39 is 0 Å². The van der Waals surface area contributed by atoms with Gasteiger partial charge in [0, 0.05) is 37.9 Å². The number of piperidine rings is 1. The van der Waals surface area contributed by atoms with Crippen molar-refractivity contribution < 1.29 is 9.47 Å². The van der Waals surface area contributed by atoms with Gasteiger partial charge in [0.25, 0.3) is 0 Å². The van der Waals surface area contributed by atoms with Crippen molar-refractivity contribution >= 4 is 5.71 Å². The summed E-state index contributed by atoms with van der Waals surface area (Å²) in [7, 11) is 2.18. The van der Waals surface area contributed by atoms with E-state index in [2.05, 4.69) is 53.4 Å². The van der Waals surface area contributed by atoms with Crippen molar-refractivity contribution in [3.63, 3.8) is 0 Å². The number of hydrogen-bond acceptors (Lipinski definition) is 5. The van der Waals surface area contributed by atoms with Gasteiger partial charge >= 0.3 is 0 Å². The van der Waals surface area contributed by atoms with Crippen LogP contribution in [0.1, 0.15) is 43.4 Å². The minimum Gasteiger partial charge on any atom is -0.494 e. The summed E-state index contributed by atoms with van der Waals surface area (Å²) in [5.74, 6) is 1.93. The highest BCUT2D eigenvalue weighted by molar-refractivity contribution is 6.02. The summed E-state index contributed by atoms with van der Waals surface area (Å²) in [4.78, 5) is 2.37. The molecule has 0 unspecified atom stereocenters. The maximum Gasteiger partial charge on any atom is 0.200 e. The van der Waals surface area contributed by atoms with Crippen LogP contribution in [0, 0.1) is 0 Å². The number of nitrogens with zero attached hydrogens (tertiary/aromatic N) is 3. The van der Waals surface area contributed by atoms with E-state index in [1.165, 1.54) is 11.1 Å². The highest BCUT2D eigenvalue weighted by Crippen LogP contribution is 2.49. The largest absolute Gasteiger partial charge is 0.494 e. The zero-order valence-electron chi connectivity index (χ0n) is 16.6. The number of rotatable bonds is 3. The lowest BCUT2D eigenvalue weighted by molar-refractivity contribution is -0.147. The second-order valence-corrected chi connectivity index (χ2v) is 7.96. The Morgan fingerprint density at radius 3 is 2.61 bits per heavy atom. The van der Waals surface area contributed by atoms with E-state index in [-0.39, 0.29) is 11.8 Å². The number of benzene rings is 2. The lowest BCUT2D eigenvalue weighted by atomic mass is 9.91. The Bertz CT molecular complexity index is 885. The molecule has 5 heteroatoms. The lowest BCUT2D eigenvalue weighted by Crippen LogP contribution is -2.58. The minimum absolute atomic E-state index is 0.245. The van der Waals surface area contributed by atoms with Crippen molar-refractivity contribution in [2.45, 2.75) is 38.0 Å². The molecule has 2 aromatic carbocycles. The lowest BCUT2D eigenvalue weighted by Gasteiger charge is -2.50. The van der Waals surface area contributed by atoms with Gasteiger partial charge in [-0.3, -0.25) is 0 Å². The Morgan fingerprint density at radius 2 is 1.86 bits per heavy atom. The van der Waals surface area contributed by atoms with Gasteiger partial charge in [0.1, 0.15) is 11.5 Å². The highest BCUT2D eigenvalue weighted by atomic mass is 16.5. The molecule has 0 amide bonds. The Balaban J connectivity index is 1.51. The molecule has 0 aromatic heterocycles. The van der Waals surface area contributed by atoms with Crippen LogP contribution < -0.4 is 9.47 Å². The first-order valence-electron chi connectivity index (χ1n) is 10.2. The third kappa shape index (κ3) is 2.85. The number of hydrogen-bond donors (Lipinski definition) is 0. The van der Waals surface area contributed by atoms with Crippen LogP contribution in [0.25, 0.3) is 0 Å². The molecule has 3 aliphatic rings. The number of ether oxygens (including phenoxy) is 2. The molecule has 2 aromatic rings. The number of para-hydroxylation sites is 1. The van der Waals surface area contributed by atoms with E-state index >= 15 is 0 Å². The Hall–Kier alpha value is -2.53. The molecular weight excluding hydrogens is 350 g/mol. The third-order valence-corrected chi connectivity index (χ3v) is 6.17. The summed E-state index contributed by atoms with van der Waals surface area (Å²) in [6.45, 7) is 4.74. The van der Waals surface area contributed by atoms with Gasteiger partial charge in [-0.25, -0.2) is 5.01 Å². The van der Waals surface area contributed by atoms with Gasteiger partial charge in [-0.05, 0) is 49.9 Å². The van der Waals surface area contributed by atoms with Gasteiger partial charge in [-0.1, -0.05) is 18.2 Å². The van der Waals surface area contributed by atoms with Crippen LogP contribution in [-0.4, -0.2) is 48.1 Å². The molecular formula is C23H27N3O2. The van der Waals surface area contributed by atoms with E-state index in [0.717, 1.165) is 49.6 Å². The summed E-state index contributed by atoms with van der Waals surface area (Å²) in [5, 5.41) is 7.39. The quantitative estimate of drug-likeness (QED) is 0.809. The first-order chi connectivity index (χ1) is 13.7. The van der Waals surface area contributed by atoms with Gasteiger partial charge in [-0.15, -0.1) is 0 Å². The maximum atomic E-state index is 6.63. The Morgan fingerprint density at radius 1 is 1.11 bits per heavy atom. The number of likely N-dealkylation sites (tertiary alicyclic amines) is 1. The highest BCUT2D eigenvalue weighted by Gasteiger charge is 2.51. The molecule has 146 valence electrons. The van der Waals surface area contributed by atoms with Crippen molar-refractivity contribution in [3.05, 3.63) is 59.7 Å². The molecule has 0 saturated carbocycles. The second kappa shape index (κ2) is 6.82. The molecule has 1 atom stereocenters. The second-order valence-electron chi connectivity index (χ2n) is 7.96. The predicted molar refractivity (Wildman–Crippen MR) is 110 cm³/mol. The standard InChI is InChI=1S/C23H27N3O2/c1-3-27-18-10-8-17(9-11-18)20-16-21-19-6-4-5-7-22(19)28-23(26(21)24-20)12-14-25(2)15-13-23/h4-11,21H,3,12-16H2,1-2H3/t21-/m0/s1. The minimum atomic E-state index is -0.335. The fourth-order valence-electron chi connectivity index (χ4n) is 4.61. The summed E-state index contributed by atoms with van der Waals surface area (Å²) >= 11 is 0. The maximum absolute atomic E-state index is 6.63. The molecule has 1 spiro atoms. The van der Waals surface area contributed by atoms with Crippen LogP contribution >= 0.6 is 0 Å². The third-order valence-electron chi connectivity index (χ3n) is 6.17. The van der Waals surface area contributed by atoms with Crippen LogP contribution in [0.4, 0.5) is 0 Å². The first kappa shape index (κ1) is 17.6. The van der Waals surface area contributed by atoms with Crippen LogP contribution in [0.5, 0.6) is 11.5 Å². The molecule has 3 aliphatic heterocycles. The SMILES string of the molecule is CCOc1ccc(C2=NN3[C@@H](C2)c2ccccc2OC32CCN(C)CC2)cc1. The Labute approximate surface area is 166 Å². The van der Waals surface area contributed by atoms with E-state index in [9.17, 15) is 0 Å². The topological polar surface area (TPSA) is 37.3 Å². The van der Waals surface area contributed by atoms with Crippen LogP contribution in [-0.2, 0) is 0 Å². The smallest absolute Gasteiger partial charge is 0.200 e. The monoisotopic (exact) mass is 377 g/mol. The van der Waals surface area contributed by atoms with E-state index in [0.29, 0.717) is 6.61 Å². The average molecular weight is 377 g/mol. The molecule has 5 rings (SSSR count). The van der Waals surface area contributed by atoms with E-state index in [4.69, 9.17) is 14.6 Å². The summed E-state index contributed by atoms with van der Waals surface area (Å²) in [6.07, 6.45) is 2.84. The van der Waals surface area contributed by atoms with Crippen LogP contribution in [0.15, 0.2) is 53.6 Å². The van der Waals surface area contributed by atoms with Crippen molar-refractivity contribution in [2.24, 2.45) is 5.10 Å². The van der Waals surface area contributed by atoms with Crippen molar-refractivity contribution in [1.82, 2.24) is 9.91 Å². The first-order valence-corrected chi connectivity index (χ1v) is 10.2. The van der Waals surface area contributed by atoms with Gasteiger partial charge in [-0.2, -0.15) is 5.10 Å². The summed E-state index contributed by atoms with van der Waals surface area (Å²) in [6, 6.07) is 17.0. The fourth-order valence-corrected chi connectivity index (χ4v) is 4.61. The molecule has 0 N–H and O–H groups in total. The van der Waals surface area contributed by atoms with Gasteiger partial charge in [0.15, 0.2) is 0 Å². The number of hydrazone groups is 1. The molecule has 1 saturated heterocycles. The van der Waals surface area contributed by atoms with Gasteiger partial charge < -0.3 is 14.4 Å². The predicted octanol–water partition coefficient (Wildman–Crippen LogP) is 4.05. The van der Waals surface area contributed by atoms with Crippen molar-refractivity contribution in [2.75, 3.05) is 26.7 Å². The summed E-state index contributed by atoms with van der Waals surface area (Å²) in [5.41, 5.74) is 3.21. The molecule has 1 fully saturated rings. The fraction of sp³-hybridized carbons (Fsp3) is 0.435. The van der Waals surface area contributed by atoms with E-state index in [1.54, 1.807) is 0 Å². The number of fused-ring (bicyclic) bond motifs is 4. The average Bonchev–Trinajstić information content (AvgIpc) is 3.18.